The van der Waals surface area contributed by atoms with Crippen molar-refractivity contribution in [2.24, 2.45) is 4.99 Å². The van der Waals surface area contributed by atoms with Crippen LogP contribution in [0.4, 0.5) is 0 Å². The maximum absolute atomic E-state index is 5.46. The van der Waals surface area contributed by atoms with Crippen molar-refractivity contribution in [3.8, 4) is 44.5 Å². The lowest BCUT2D eigenvalue weighted by Crippen LogP contribution is -2.32. The van der Waals surface area contributed by atoms with Crippen molar-refractivity contribution >= 4 is 22.3 Å². The van der Waals surface area contributed by atoms with Crippen LogP contribution in [0.25, 0.3) is 61.0 Å². The summed E-state index contributed by atoms with van der Waals surface area (Å²) in [6, 6.07) is 70.8. The van der Waals surface area contributed by atoms with Crippen LogP contribution in [-0.2, 0) is 5.41 Å². The van der Waals surface area contributed by atoms with Crippen LogP contribution in [0.3, 0.4) is 0 Å². The Morgan fingerprint density at radius 2 is 1.00 bits per heavy atom. The summed E-state index contributed by atoms with van der Waals surface area (Å²) in [7, 11) is 0. The first-order valence-corrected chi connectivity index (χ1v) is 20.3. The molecule has 1 atom stereocenters. The SMILES string of the molecule is C1=C(c2cccc(-c3cccnc3)c2)N=C(c2ccc3c(c2)C2(c4ccccc4-c4ccccc42)c2ccccc2-3)NC1c1ccc(-c2ccc3ccccc3c2)cc1. The Morgan fingerprint density at radius 1 is 0.407 bits per heavy atom. The van der Waals surface area contributed by atoms with Crippen molar-refractivity contribution in [1.29, 1.82) is 0 Å². The van der Waals surface area contributed by atoms with Crippen LogP contribution in [0.15, 0.2) is 218 Å². The molecule has 0 saturated heterocycles. The van der Waals surface area contributed by atoms with Gasteiger partial charge in [-0.15, -0.1) is 0 Å². The molecule has 276 valence electrons. The zero-order valence-electron chi connectivity index (χ0n) is 32.2. The van der Waals surface area contributed by atoms with Crippen LogP contribution in [-0.4, -0.2) is 10.8 Å². The Balaban J connectivity index is 0.999. The molecular formula is C56H37N3. The zero-order valence-corrected chi connectivity index (χ0v) is 32.2. The van der Waals surface area contributed by atoms with Crippen LogP contribution < -0.4 is 5.32 Å². The minimum atomic E-state index is -0.431. The Hall–Kier alpha value is -7.62. The molecule has 2 aliphatic carbocycles. The van der Waals surface area contributed by atoms with E-state index in [2.05, 4.69) is 204 Å². The molecule has 3 nitrogen and oxygen atoms in total. The van der Waals surface area contributed by atoms with Gasteiger partial charge in [0.05, 0.1) is 17.2 Å². The first kappa shape index (κ1) is 33.5. The first-order valence-electron chi connectivity index (χ1n) is 20.3. The third-order valence-corrected chi connectivity index (χ3v) is 12.6. The molecule has 2 heterocycles. The molecule has 1 spiro atoms. The molecule has 1 unspecified atom stereocenters. The summed E-state index contributed by atoms with van der Waals surface area (Å²) in [6.07, 6.45) is 6.00. The predicted octanol–water partition coefficient (Wildman–Crippen LogP) is 13.0. The quantitative estimate of drug-likeness (QED) is 0.190. The molecule has 3 aliphatic rings. The zero-order chi connectivity index (χ0) is 38.9. The second-order valence-corrected chi connectivity index (χ2v) is 15.8. The molecule has 1 aliphatic heterocycles. The largest absolute Gasteiger partial charge is 0.359 e. The van der Waals surface area contributed by atoms with Crippen LogP contribution in [0.1, 0.15) is 45.0 Å². The number of aliphatic imine (C=N–C) groups is 1. The van der Waals surface area contributed by atoms with E-state index in [-0.39, 0.29) is 6.04 Å². The highest BCUT2D eigenvalue weighted by Crippen LogP contribution is 2.62. The molecule has 3 heteroatoms. The standard InChI is InChI=1S/C56H37N3/c1-2-12-39-31-41(27-24-36(39)11-1)37-22-25-38(26-23-37)53-34-54(42-14-9-13-40(32-42)44-15-10-30-57-35-44)59-55(58-53)43-28-29-48-47-18-5-8-21-51(47)56(52(48)33-43)49-19-6-3-16-45(49)46-17-4-7-20-50(46)56/h1-35,53H,(H,58,59). The lowest BCUT2D eigenvalue weighted by molar-refractivity contribution is 0.777. The summed E-state index contributed by atoms with van der Waals surface area (Å²) in [6.45, 7) is 0. The van der Waals surface area contributed by atoms with E-state index in [0.717, 1.165) is 33.8 Å². The molecule has 0 saturated carbocycles. The van der Waals surface area contributed by atoms with E-state index in [9.17, 15) is 0 Å². The predicted molar refractivity (Wildman–Crippen MR) is 242 cm³/mol. The van der Waals surface area contributed by atoms with E-state index in [1.165, 1.54) is 72.0 Å². The minimum absolute atomic E-state index is 0.113. The first-order chi connectivity index (χ1) is 29.2. The number of benzene rings is 8. The van der Waals surface area contributed by atoms with Crippen LogP contribution >= 0.6 is 0 Å². The van der Waals surface area contributed by atoms with E-state index in [4.69, 9.17) is 4.99 Å². The molecule has 8 aromatic carbocycles. The van der Waals surface area contributed by atoms with E-state index in [1.54, 1.807) is 0 Å². The van der Waals surface area contributed by atoms with Crippen molar-refractivity contribution < 1.29 is 0 Å². The molecule has 1 aromatic heterocycles. The minimum Gasteiger partial charge on any atom is -0.359 e. The monoisotopic (exact) mass is 751 g/mol. The Kier molecular flexibility index (Phi) is 7.51. The van der Waals surface area contributed by atoms with Gasteiger partial charge in [-0.3, -0.25) is 4.98 Å². The van der Waals surface area contributed by atoms with Gasteiger partial charge >= 0.3 is 0 Å². The van der Waals surface area contributed by atoms with Gasteiger partial charge in [0, 0.05) is 29.1 Å². The molecule has 59 heavy (non-hydrogen) atoms. The Morgan fingerprint density at radius 3 is 1.71 bits per heavy atom. The normalized spacial score (nSPS) is 15.4. The summed E-state index contributed by atoms with van der Waals surface area (Å²) in [4.78, 5) is 9.86. The Labute approximate surface area is 343 Å². The molecule has 9 aromatic rings. The highest BCUT2D eigenvalue weighted by atomic mass is 15.0. The van der Waals surface area contributed by atoms with Gasteiger partial charge in [-0.1, -0.05) is 170 Å². The third kappa shape index (κ3) is 5.21. The fourth-order valence-electron chi connectivity index (χ4n) is 9.91. The second kappa shape index (κ2) is 13.2. The lowest BCUT2D eigenvalue weighted by atomic mass is 9.70. The van der Waals surface area contributed by atoms with Crippen molar-refractivity contribution in [2.75, 3.05) is 0 Å². The smallest absolute Gasteiger partial charge is 0.134 e. The van der Waals surface area contributed by atoms with Gasteiger partial charge in [0.25, 0.3) is 0 Å². The third-order valence-electron chi connectivity index (χ3n) is 12.6. The molecule has 0 radical (unpaired) electrons. The van der Waals surface area contributed by atoms with Gasteiger partial charge < -0.3 is 5.32 Å². The maximum atomic E-state index is 5.46. The van der Waals surface area contributed by atoms with Gasteiger partial charge in [-0.2, -0.15) is 0 Å². The van der Waals surface area contributed by atoms with Gasteiger partial charge in [0.1, 0.15) is 5.84 Å². The van der Waals surface area contributed by atoms with Crippen molar-refractivity contribution in [2.45, 2.75) is 11.5 Å². The van der Waals surface area contributed by atoms with E-state index >= 15 is 0 Å². The number of hydrogen-bond acceptors (Lipinski definition) is 3. The number of pyridine rings is 1. The molecule has 0 fully saturated rings. The maximum Gasteiger partial charge on any atom is 0.134 e. The van der Waals surface area contributed by atoms with Crippen LogP contribution in [0, 0.1) is 0 Å². The highest BCUT2D eigenvalue weighted by Gasteiger charge is 2.51. The van der Waals surface area contributed by atoms with Crippen LogP contribution in [0.2, 0.25) is 0 Å². The highest BCUT2D eigenvalue weighted by molar-refractivity contribution is 6.05. The number of hydrogen-bond donors (Lipinski definition) is 1. The van der Waals surface area contributed by atoms with Crippen molar-refractivity contribution in [1.82, 2.24) is 10.3 Å². The fraction of sp³-hybridized carbons (Fsp3) is 0.0357. The number of fused-ring (bicyclic) bond motifs is 11. The molecule has 1 N–H and O–H groups in total. The van der Waals surface area contributed by atoms with Gasteiger partial charge in [-0.25, -0.2) is 4.99 Å². The summed E-state index contributed by atoms with van der Waals surface area (Å²) in [5, 5.41) is 6.40. The topological polar surface area (TPSA) is 37.3 Å². The molecular weight excluding hydrogens is 715 g/mol. The summed E-state index contributed by atoms with van der Waals surface area (Å²) < 4.78 is 0. The van der Waals surface area contributed by atoms with E-state index < -0.39 is 5.41 Å². The Bertz CT molecular complexity index is 3130. The molecule has 0 bridgehead atoms. The van der Waals surface area contributed by atoms with Crippen molar-refractivity contribution in [3.63, 3.8) is 0 Å². The van der Waals surface area contributed by atoms with Gasteiger partial charge in [-0.05, 0) is 108 Å². The van der Waals surface area contributed by atoms with Gasteiger partial charge in [0.2, 0.25) is 0 Å². The number of amidine groups is 1. The summed E-state index contributed by atoms with van der Waals surface area (Å²) in [5.74, 6) is 0.853. The average Bonchev–Trinajstić information content (AvgIpc) is 3.79. The summed E-state index contributed by atoms with van der Waals surface area (Å²) in [5.41, 5.74) is 18.8. The number of aromatic nitrogens is 1. The number of nitrogens with zero attached hydrogens (tertiary/aromatic N) is 2. The summed E-state index contributed by atoms with van der Waals surface area (Å²) >= 11 is 0. The second-order valence-electron chi connectivity index (χ2n) is 15.8. The van der Waals surface area contributed by atoms with Gasteiger partial charge in [0.15, 0.2) is 0 Å². The lowest BCUT2D eigenvalue weighted by Gasteiger charge is -2.31. The molecule has 12 rings (SSSR count). The van der Waals surface area contributed by atoms with Crippen LogP contribution in [0.5, 0.6) is 0 Å². The molecule has 0 amide bonds. The van der Waals surface area contributed by atoms with Crippen molar-refractivity contribution in [3.05, 3.63) is 252 Å². The van der Waals surface area contributed by atoms with E-state index in [1.807, 2.05) is 18.5 Å². The number of nitrogens with one attached hydrogen (secondary N) is 1. The average molecular weight is 752 g/mol. The number of rotatable bonds is 5. The van der Waals surface area contributed by atoms with E-state index in [0.29, 0.717) is 0 Å². The fourth-order valence-corrected chi connectivity index (χ4v) is 9.91.